The summed E-state index contributed by atoms with van der Waals surface area (Å²) in [5, 5.41) is 4.58. The Morgan fingerprint density at radius 1 is 1.10 bits per heavy atom. The predicted octanol–water partition coefficient (Wildman–Crippen LogP) is 4.95. The van der Waals surface area contributed by atoms with Crippen LogP contribution in [0.15, 0.2) is 36.4 Å². The van der Waals surface area contributed by atoms with Gasteiger partial charge in [-0.1, -0.05) is 35.3 Å². The average molecular weight is 310 g/mol. The van der Waals surface area contributed by atoms with Gasteiger partial charge in [-0.05, 0) is 49.4 Å². The van der Waals surface area contributed by atoms with Crippen LogP contribution >= 0.6 is 23.2 Å². The predicted molar refractivity (Wildman–Crippen MR) is 85.9 cm³/mol. The van der Waals surface area contributed by atoms with E-state index >= 15 is 0 Å². The van der Waals surface area contributed by atoms with Crippen LogP contribution in [0.3, 0.4) is 0 Å². The second kappa shape index (κ2) is 6.49. The molecule has 4 heteroatoms. The second-order valence-electron chi connectivity index (χ2n) is 4.59. The molecule has 2 rings (SSSR count). The molecule has 0 bridgehead atoms. The topological polar surface area (TPSA) is 21.3 Å². The Hall–Kier alpha value is -1.22. The van der Waals surface area contributed by atoms with Gasteiger partial charge in [-0.3, -0.25) is 0 Å². The van der Waals surface area contributed by atoms with Crippen molar-refractivity contribution in [2.24, 2.45) is 0 Å². The van der Waals surface area contributed by atoms with Crippen molar-refractivity contribution < 1.29 is 4.74 Å². The highest BCUT2D eigenvalue weighted by Gasteiger charge is 2.11. The molecule has 0 radical (unpaired) electrons. The SMILES string of the molecule is CNC(C)c1ccc(-c2cc(Cl)ccc2OC)cc1Cl. The molecular weight excluding hydrogens is 293 g/mol. The molecule has 1 unspecified atom stereocenters. The van der Waals surface area contributed by atoms with Gasteiger partial charge in [-0.2, -0.15) is 0 Å². The molecule has 0 aliphatic rings. The molecule has 2 aromatic carbocycles. The van der Waals surface area contributed by atoms with Crippen LogP contribution < -0.4 is 10.1 Å². The van der Waals surface area contributed by atoms with Crippen LogP contribution in [0.1, 0.15) is 18.5 Å². The molecule has 0 aromatic heterocycles. The van der Waals surface area contributed by atoms with Crippen molar-refractivity contribution in [3.8, 4) is 16.9 Å². The Kier molecular flexibility index (Phi) is 4.92. The molecule has 2 aromatic rings. The van der Waals surface area contributed by atoms with Crippen LogP contribution in [-0.4, -0.2) is 14.2 Å². The zero-order valence-corrected chi connectivity index (χ0v) is 13.2. The van der Waals surface area contributed by atoms with Crippen molar-refractivity contribution in [3.63, 3.8) is 0 Å². The number of methoxy groups -OCH3 is 1. The highest BCUT2D eigenvalue weighted by atomic mass is 35.5. The highest BCUT2D eigenvalue weighted by Crippen LogP contribution is 2.35. The molecule has 106 valence electrons. The lowest BCUT2D eigenvalue weighted by Crippen LogP contribution is -2.12. The van der Waals surface area contributed by atoms with E-state index in [1.165, 1.54) is 0 Å². The lowest BCUT2D eigenvalue weighted by atomic mass is 10.0. The first-order valence-corrected chi connectivity index (χ1v) is 7.13. The highest BCUT2D eigenvalue weighted by molar-refractivity contribution is 6.32. The third-order valence-electron chi connectivity index (χ3n) is 3.37. The smallest absolute Gasteiger partial charge is 0.126 e. The van der Waals surface area contributed by atoms with Crippen LogP contribution in [0.4, 0.5) is 0 Å². The molecule has 1 N–H and O–H groups in total. The van der Waals surface area contributed by atoms with Crippen molar-refractivity contribution in [3.05, 3.63) is 52.0 Å². The first-order valence-electron chi connectivity index (χ1n) is 6.37. The van der Waals surface area contributed by atoms with E-state index in [1.54, 1.807) is 7.11 Å². The zero-order chi connectivity index (χ0) is 14.7. The average Bonchev–Trinajstić information content (AvgIpc) is 2.46. The van der Waals surface area contributed by atoms with E-state index in [0.717, 1.165) is 27.5 Å². The van der Waals surface area contributed by atoms with Gasteiger partial charge in [0.2, 0.25) is 0 Å². The first-order chi connectivity index (χ1) is 9.56. The summed E-state index contributed by atoms with van der Waals surface area (Å²) in [7, 11) is 3.56. The summed E-state index contributed by atoms with van der Waals surface area (Å²) in [4.78, 5) is 0. The van der Waals surface area contributed by atoms with E-state index in [9.17, 15) is 0 Å². The molecule has 0 aliphatic carbocycles. The Balaban J connectivity index is 2.49. The maximum atomic E-state index is 6.37. The summed E-state index contributed by atoms with van der Waals surface area (Å²) >= 11 is 12.4. The van der Waals surface area contributed by atoms with Gasteiger partial charge in [0.1, 0.15) is 5.75 Å². The minimum Gasteiger partial charge on any atom is -0.496 e. The van der Waals surface area contributed by atoms with Crippen molar-refractivity contribution in [2.45, 2.75) is 13.0 Å². The Morgan fingerprint density at radius 2 is 1.85 bits per heavy atom. The maximum Gasteiger partial charge on any atom is 0.126 e. The number of benzene rings is 2. The summed E-state index contributed by atoms with van der Waals surface area (Å²) < 4.78 is 5.38. The number of halogens is 2. The molecule has 0 heterocycles. The molecule has 20 heavy (non-hydrogen) atoms. The first kappa shape index (κ1) is 15.2. The fraction of sp³-hybridized carbons (Fsp3) is 0.250. The molecule has 0 saturated carbocycles. The Labute approximate surface area is 129 Å². The van der Waals surface area contributed by atoms with Crippen LogP contribution in [0.25, 0.3) is 11.1 Å². The van der Waals surface area contributed by atoms with Crippen LogP contribution in [0, 0.1) is 0 Å². The van der Waals surface area contributed by atoms with Gasteiger partial charge in [-0.25, -0.2) is 0 Å². The van der Waals surface area contributed by atoms with E-state index in [1.807, 2.05) is 43.4 Å². The van der Waals surface area contributed by atoms with Crippen molar-refractivity contribution in [1.29, 1.82) is 0 Å². The molecule has 0 amide bonds. The van der Waals surface area contributed by atoms with E-state index in [4.69, 9.17) is 27.9 Å². The van der Waals surface area contributed by atoms with Gasteiger partial charge < -0.3 is 10.1 Å². The third kappa shape index (κ3) is 3.09. The van der Waals surface area contributed by atoms with Crippen LogP contribution in [-0.2, 0) is 0 Å². The quantitative estimate of drug-likeness (QED) is 0.863. The van der Waals surface area contributed by atoms with Crippen LogP contribution in [0.5, 0.6) is 5.75 Å². The summed E-state index contributed by atoms with van der Waals surface area (Å²) in [6, 6.07) is 11.8. The van der Waals surface area contributed by atoms with E-state index in [0.29, 0.717) is 5.02 Å². The molecule has 0 saturated heterocycles. The van der Waals surface area contributed by atoms with Crippen molar-refractivity contribution >= 4 is 23.2 Å². The van der Waals surface area contributed by atoms with E-state index in [-0.39, 0.29) is 6.04 Å². The summed E-state index contributed by atoms with van der Waals surface area (Å²) in [5.41, 5.74) is 2.99. The van der Waals surface area contributed by atoms with Gasteiger partial charge in [0.15, 0.2) is 0 Å². The summed E-state index contributed by atoms with van der Waals surface area (Å²) in [5.74, 6) is 0.778. The lowest BCUT2D eigenvalue weighted by molar-refractivity contribution is 0.416. The zero-order valence-electron chi connectivity index (χ0n) is 11.7. The fourth-order valence-corrected chi connectivity index (χ4v) is 2.62. The molecule has 0 fully saturated rings. The number of hydrogen-bond donors (Lipinski definition) is 1. The van der Waals surface area contributed by atoms with Gasteiger partial charge >= 0.3 is 0 Å². The number of nitrogens with one attached hydrogen (secondary N) is 1. The maximum absolute atomic E-state index is 6.37. The molecule has 0 aliphatic heterocycles. The second-order valence-corrected chi connectivity index (χ2v) is 5.43. The summed E-state index contributed by atoms with van der Waals surface area (Å²) in [6.45, 7) is 2.07. The molecule has 1 atom stereocenters. The number of rotatable bonds is 4. The van der Waals surface area contributed by atoms with E-state index < -0.39 is 0 Å². The Morgan fingerprint density at radius 3 is 2.45 bits per heavy atom. The molecule has 0 spiro atoms. The molecular formula is C16H17Cl2NO. The Bertz CT molecular complexity index is 613. The van der Waals surface area contributed by atoms with Gasteiger partial charge in [0.25, 0.3) is 0 Å². The normalized spacial score (nSPS) is 12.2. The van der Waals surface area contributed by atoms with Gasteiger partial charge in [0, 0.05) is 21.7 Å². The van der Waals surface area contributed by atoms with Crippen molar-refractivity contribution in [2.75, 3.05) is 14.2 Å². The minimum absolute atomic E-state index is 0.206. The largest absolute Gasteiger partial charge is 0.496 e. The fourth-order valence-electron chi connectivity index (χ4n) is 2.11. The lowest BCUT2D eigenvalue weighted by Gasteiger charge is -2.15. The molecule has 2 nitrogen and oxygen atoms in total. The van der Waals surface area contributed by atoms with Crippen LogP contribution in [0.2, 0.25) is 10.0 Å². The monoisotopic (exact) mass is 309 g/mol. The summed E-state index contributed by atoms with van der Waals surface area (Å²) in [6.07, 6.45) is 0. The number of hydrogen-bond acceptors (Lipinski definition) is 2. The number of ether oxygens (including phenoxy) is 1. The van der Waals surface area contributed by atoms with Gasteiger partial charge in [0.05, 0.1) is 7.11 Å². The standard InChI is InChI=1S/C16H17Cl2NO/c1-10(19-2)13-6-4-11(8-15(13)18)14-9-12(17)5-7-16(14)20-3/h4-10,19H,1-3H3. The third-order valence-corrected chi connectivity index (χ3v) is 3.93. The van der Waals surface area contributed by atoms with Crippen molar-refractivity contribution in [1.82, 2.24) is 5.32 Å². The van der Waals surface area contributed by atoms with Gasteiger partial charge in [-0.15, -0.1) is 0 Å². The van der Waals surface area contributed by atoms with E-state index in [2.05, 4.69) is 12.2 Å². The minimum atomic E-state index is 0.206.